The smallest absolute Gasteiger partial charge is 0.311 e. The second kappa shape index (κ2) is 8.52. The molecule has 1 N–H and O–H groups in total. The van der Waals surface area contributed by atoms with Crippen LogP contribution in [0.1, 0.15) is 23.7 Å². The van der Waals surface area contributed by atoms with E-state index in [1.807, 2.05) is 13.0 Å². The lowest BCUT2D eigenvalue weighted by Crippen LogP contribution is -2.20. The molecule has 0 unspecified atom stereocenters. The average Bonchev–Trinajstić information content (AvgIpc) is 3.05. The van der Waals surface area contributed by atoms with Crippen LogP contribution in [0.15, 0.2) is 52.4 Å². The number of hydrogen-bond acceptors (Lipinski definition) is 7. The van der Waals surface area contributed by atoms with Crippen molar-refractivity contribution < 1.29 is 14.5 Å². The standard InChI is InChI=1S/C20H19N5O5/c1-12-5-4-10-21-19(12)22-13(2)18-16(11-17(26)30-3)23-24(20(18)27)14-6-8-15(9-7-14)25(28)29/h4-10,23H,11H2,1-3H3. The molecule has 0 fully saturated rings. The number of aliphatic imine (C=N–C) groups is 1. The average molecular weight is 409 g/mol. The molecule has 3 aromatic rings. The van der Waals surface area contributed by atoms with Crippen molar-refractivity contribution in [2.45, 2.75) is 20.3 Å². The number of non-ortho nitro benzene ring substituents is 1. The Morgan fingerprint density at radius 3 is 2.60 bits per heavy atom. The number of nitrogens with one attached hydrogen (secondary N) is 1. The van der Waals surface area contributed by atoms with Crippen LogP contribution in [0.4, 0.5) is 11.5 Å². The van der Waals surface area contributed by atoms with E-state index in [0.29, 0.717) is 22.9 Å². The lowest BCUT2D eigenvalue weighted by molar-refractivity contribution is -0.384. The van der Waals surface area contributed by atoms with Gasteiger partial charge in [-0.1, -0.05) is 6.07 Å². The first-order valence-corrected chi connectivity index (χ1v) is 8.94. The molecule has 0 aliphatic rings. The SMILES string of the molecule is COC(=O)Cc1[nH]n(-c2ccc([N+](=O)[O-])cc2)c(=O)c1C(C)=Nc1ncccc1C. The number of nitro groups is 1. The van der Waals surface area contributed by atoms with E-state index < -0.39 is 16.5 Å². The number of hydrogen-bond donors (Lipinski definition) is 1. The van der Waals surface area contributed by atoms with Gasteiger partial charge in [-0.2, -0.15) is 0 Å². The molecule has 154 valence electrons. The predicted molar refractivity (Wildman–Crippen MR) is 110 cm³/mol. The largest absolute Gasteiger partial charge is 0.469 e. The maximum absolute atomic E-state index is 13.1. The van der Waals surface area contributed by atoms with E-state index in [0.717, 1.165) is 5.56 Å². The quantitative estimate of drug-likeness (QED) is 0.288. The molecule has 1 aromatic carbocycles. The van der Waals surface area contributed by atoms with Crippen molar-refractivity contribution in [2.24, 2.45) is 4.99 Å². The van der Waals surface area contributed by atoms with Gasteiger partial charge in [0.25, 0.3) is 11.2 Å². The maximum Gasteiger partial charge on any atom is 0.311 e. The van der Waals surface area contributed by atoms with Gasteiger partial charge < -0.3 is 4.74 Å². The third-order valence-electron chi connectivity index (χ3n) is 4.45. The van der Waals surface area contributed by atoms with Gasteiger partial charge in [0.1, 0.15) is 0 Å². The lowest BCUT2D eigenvalue weighted by atomic mass is 10.1. The number of carbonyl (C=O) groups is 1. The summed E-state index contributed by atoms with van der Waals surface area (Å²) in [6.07, 6.45) is 1.43. The van der Waals surface area contributed by atoms with Gasteiger partial charge in [-0.3, -0.25) is 24.8 Å². The zero-order valence-corrected chi connectivity index (χ0v) is 16.6. The van der Waals surface area contributed by atoms with E-state index in [1.54, 1.807) is 19.2 Å². The number of nitro benzene ring substituents is 1. The molecule has 0 saturated carbocycles. The van der Waals surface area contributed by atoms with Gasteiger partial charge in [0.15, 0.2) is 5.82 Å². The number of aromatic amines is 1. The zero-order valence-electron chi connectivity index (χ0n) is 16.6. The summed E-state index contributed by atoms with van der Waals surface area (Å²) in [5.74, 6) is -0.0725. The van der Waals surface area contributed by atoms with Crippen LogP contribution < -0.4 is 5.56 Å². The van der Waals surface area contributed by atoms with Gasteiger partial charge >= 0.3 is 5.97 Å². The van der Waals surface area contributed by atoms with Gasteiger partial charge in [0.05, 0.1) is 41.1 Å². The van der Waals surface area contributed by atoms with E-state index in [-0.39, 0.29) is 17.7 Å². The molecule has 0 aliphatic heterocycles. The second-order valence-electron chi connectivity index (χ2n) is 6.47. The fraction of sp³-hybridized carbons (Fsp3) is 0.200. The van der Waals surface area contributed by atoms with Gasteiger partial charge in [-0.25, -0.2) is 14.7 Å². The summed E-state index contributed by atoms with van der Waals surface area (Å²) in [7, 11) is 1.26. The number of rotatable bonds is 6. The molecule has 0 amide bonds. The number of carbonyl (C=O) groups excluding carboxylic acids is 1. The van der Waals surface area contributed by atoms with Gasteiger partial charge in [-0.15, -0.1) is 0 Å². The summed E-state index contributed by atoms with van der Waals surface area (Å²) in [5.41, 5.74) is 1.57. The van der Waals surface area contributed by atoms with Gasteiger partial charge in [0, 0.05) is 18.3 Å². The normalized spacial score (nSPS) is 11.4. The fourth-order valence-electron chi connectivity index (χ4n) is 2.91. The number of aryl methyl sites for hydroxylation is 1. The number of methoxy groups -OCH3 is 1. The topological polar surface area (TPSA) is 132 Å². The van der Waals surface area contributed by atoms with Crippen LogP contribution in [-0.2, 0) is 16.0 Å². The van der Waals surface area contributed by atoms with Crippen molar-refractivity contribution in [3.05, 3.63) is 79.9 Å². The van der Waals surface area contributed by atoms with Crippen LogP contribution in [0.25, 0.3) is 5.69 Å². The Kier molecular flexibility index (Phi) is 5.86. The Hall–Kier alpha value is -4.08. The minimum absolute atomic E-state index is 0.100. The summed E-state index contributed by atoms with van der Waals surface area (Å²) in [5, 5.41) is 13.8. The monoisotopic (exact) mass is 409 g/mol. The van der Waals surface area contributed by atoms with Crippen molar-refractivity contribution in [2.75, 3.05) is 7.11 Å². The molecule has 0 saturated heterocycles. The molecular formula is C20H19N5O5. The molecular weight excluding hydrogens is 390 g/mol. The molecule has 0 aliphatic carbocycles. The zero-order chi connectivity index (χ0) is 21.8. The molecule has 0 radical (unpaired) electrons. The molecule has 0 bridgehead atoms. The Labute approximate surface area is 171 Å². The van der Waals surface area contributed by atoms with Gasteiger partial charge in [-0.05, 0) is 37.6 Å². The van der Waals surface area contributed by atoms with Crippen molar-refractivity contribution in [1.82, 2.24) is 14.8 Å². The van der Waals surface area contributed by atoms with Crippen LogP contribution in [0.3, 0.4) is 0 Å². The van der Waals surface area contributed by atoms with Crippen molar-refractivity contribution in [3.8, 4) is 5.69 Å². The van der Waals surface area contributed by atoms with Crippen LogP contribution in [0.5, 0.6) is 0 Å². The molecule has 30 heavy (non-hydrogen) atoms. The van der Waals surface area contributed by atoms with Crippen molar-refractivity contribution in [1.29, 1.82) is 0 Å². The number of ether oxygens (including phenoxy) is 1. The van der Waals surface area contributed by atoms with E-state index in [2.05, 4.69) is 15.1 Å². The van der Waals surface area contributed by atoms with Gasteiger partial charge in [0.2, 0.25) is 0 Å². The highest BCUT2D eigenvalue weighted by molar-refractivity contribution is 6.01. The third kappa shape index (κ3) is 4.17. The number of H-pyrrole nitrogens is 1. The Balaban J connectivity index is 2.13. The third-order valence-corrected chi connectivity index (χ3v) is 4.45. The Morgan fingerprint density at radius 1 is 1.30 bits per heavy atom. The van der Waals surface area contributed by atoms with Crippen LogP contribution >= 0.6 is 0 Å². The molecule has 0 atom stereocenters. The van der Waals surface area contributed by atoms with E-state index in [4.69, 9.17) is 4.74 Å². The molecule has 10 heteroatoms. The summed E-state index contributed by atoms with van der Waals surface area (Å²) in [6.45, 7) is 3.50. The number of aromatic nitrogens is 3. The van der Waals surface area contributed by atoms with Crippen LogP contribution in [-0.4, -0.2) is 38.5 Å². The molecule has 10 nitrogen and oxygen atoms in total. The maximum atomic E-state index is 13.1. The number of nitrogens with zero attached hydrogens (tertiary/aromatic N) is 4. The van der Waals surface area contributed by atoms with E-state index >= 15 is 0 Å². The fourth-order valence-corrected chi connectivity index (χ4v) is 2.91. The summed E-state index contributed by atoms with van der Waals surface area (Å²) in [6, 6.07) is 9.10. The molecule has 3 rings (SSSR count). The first-order valence-electron chi connectivity index (χ1n) is 8.94. The number of pyridine rings is 1. The van der Waals surface area contributed by atoms with Crippen molar-refractivity contribution >= 4 is 23.2 Å². The van der Waals surface area contributed by atoms with Crippen molar-refractivity contribution in [3.63, 3.8) is 0 Å². The second-order valence-corrected chi connectivity index (χ2v) is 6.47. The predicted octanol–water partition coefficient (Wildman–Crippen LogP) is 2.63. The first-order chi connectivity index (χ1) is 14.3. The van der Waals surface area contributed by atoms with Crippen LogP contribution in [0, 0.1) is 17.0 Å². The number of benzene rings is 1. The summed E-state index contributed by atoms with van der Waals surface area (Å²) in [4.78, 5) is 44.0. The highest BCUT2D eigenvalue weighted by atomic mass is 16.6. The number of esters is 1. The Morgan fingerprint density at radius 2 is 2.00 bits per heavy atom. The van der Waals surface area contributed by atoms with E-state index in [9.17, 15) is 19.7 Å². The highest BCUT2D eigenvalue weighted by Crippen LogP contribution is 2.18. The Bertz CT molecular complexity index is 1190. The lowest BCUT2D eigenvalue weighted by Gasteiger charge is -2.03. The van der Waals surface area contributed by atoms with E-state index in [1.165, 1.54) is 36.1 Å². The minimum Gasteiger partial charge on any atom is -0.469 e. The summed E-state index contributed by atoms with van der Waals surface area (Å²) < 4.78 is 5.94. The highest BCUT2D eigenvalue weighted by Gasteiger charge is 2.21. The minimum atomic E-state index is -0.532. The summed E-state index contributed by atoms with van der Waals surface area (Å²) >= 11 is 0. The molecule has 2 aromatic heterocycles. The van der Waals surface area contributed by atoms with Crippen LogP contribution in [0.2, 0.25) is 0 Å². The molecule has 0 spiro atoms. The molecule has 2 heterocycles. The first kappa shape index (κ1) is 20.6.